The van der Waals surface area contributed by atoms with Gasteiger partial charge in [0.2, 0.25) is 5.91 Å². The maximum Gasteiger partial charge on any atom is 0.272 e. The summed E-state index contributed by atoms with van der Waals surface area (Å²) in [7, 11) is 0. The Balaban J connectivity index is 1.20. The number of non-ortho nitro benzene ring substituents is 1. The van der Waals surface area contributed by atoms with Crippen LogP contribution in [0.3, 0.4) is 0 Å². The van der Waals surface area contributed by atoms with Crippen molar-refractivity contribution in [2.75, 3.05) is 10.6 Å². The Morgan fingerprint density at radius 2 is 1.64 bits per heavy atom. The maximum absolute atomic E-state index is 13.3. The van der Waals surface area contributed by atoms with E-state index in [-0.39, 0.29) is 17.3 Å². The number of nitro groups is 1. The zero-order valence-electron chi connectivity index (χ0n) is 25.3. The number of nitro benzene ring substituents is 1. The van der Waals surface area contributed by atoms with Crippen molar-refractivity contribution < 1.29 is 19.3 Å². The zero-order chi connectivity index (χ0) is 33.3. The van der Waals surface area contributed by atoms with E-state index in [9.17, 15) is 24.5 Å². The summed E-state index contributed by atoms with van der Waals surface area (Å²) in [6.07, 6.45) is 1.62. The number of hydrogen-bond acceptors (Lipinski definition) is 8. The SMILES string of the molecule is Cc1ccc(/C=C(\NC(=O)c2ccccc2)C(=O)Nc2ccc(SC(C)C(=O)Nc3nc(-c4cccc([N+](=O)[O-])c4)cs3)cc2)cc1. The van der Waals surface area contributed by atoms with E-state index in [4.69, 9.17) is 0 Å². The Bertz CT molecular complexity index is 1940. The van der Waals surface area contributed by atoms with Gasteiger partial charge in [-0.15, -0.1) is 23.1 Å². The van der Waals surface area contributed by atoms with Crippen molar-refractivity contribution in [3.05, 3.63) is 141 Å². The van der Waals surface area contributed by atoms with Crippen molar-refractivity contribution in [1.29, 1.82) is 0 Å². The van der Waals surface area contributed by atoms with Crippen LogP contribution in [0.15, 0.2) is 119 Å². The van der Waals surface area contributed by atoms with Gasteiger partial charge in [-0.05, 0) is 61.9 Å². The normalized spacial score (nSPS) is 11.7. The molecule has 0 spiro atoms. The molecule has 47 heavy (non-hydrogen) atoms. The Kier molecular flexibility index (Phi) is 10.6. The van der Waals surface area contributed by atoms with E-state index >= 15 is 0 Å². The van der Waals surface area contributed by atoms with Gasteiger partial charge in [0, 0.05) is 39.2 Å². The van der Waals surface area contributed by atoms with E-state index in [1.807, 2.05) is 37.3 Å². The number of amides is 3. The van der Waals surface area contributed by atoms with Crippen LogP contribution in [0.5, 0.6) is 0 Å². The predicted octanol–water partition coefficient (Wildman–Crippen LogP) is 7.56. The van der Waals surface area contributed by atoms with Crippen LogP contribution >= 0.6 is 23.1 Å². The highest BCUT2D eigenvalue weighted by Crippen LogP contribution is 2.29. The maximum atomic E-state index is 13.3. The molecule has 10 nitrogen and oxygen atoms in total. The number of aryl methyl sites for hydroxylation is 1. The van der Waals surface area contributed by atoms with Gasteiger partial charge in [-0.3, -0.25) is 24.5 Å². The minimum absolute atomic E-state index is 0.0364. The van der Waals surface area contributed by atoms with Crippen molar-refractivity contribution in [3.8, 4) is 11.3 Å². The molecule has 1 aromatic heterocycles. The van der Waals surface area contributed by atoms with Crippen LogP contribution in [0.1, 0.15) is 28.4 Å². The molecule has 1 atom stereocenters. The first-order chi connectivity index (χ1) is 22.6. The number of carbonyl (C=O) groups is 3. The second-order valence-corrected chi connectivity index (χ2v) is 12.6. The minimum atomic E-state index is -0.490. The molecule has 0 aliphatic rings. The van der Waals surface area contributed by atoms with E-state index in [0.717, 1.165) is 16.0 Å². The van der Waals surface area contributed by atoms with Gasteiger partial charge >= 0.3 is 0 Å². The molecular formula is C35H29N5O5S2. The molecule has 0 bridgehead atoms. The standard InChI is InChI=1S/C35H29N5O5S2/c1-22-11-13-24(14-12-22)19-30(37-33(42)25-7-4-3-5-8-25)34(43)36-27-15-17-29(18-16-27)47-23(2)32(41)39-35-38-31(21-46-35)26-9-6-10-28(20-26)40(44)45/h3-21,23H,1-2H3,(H,36,43)(H,37,42)(H,38,39,41)/b30-19-. The summed E-state index contributed by atoms with van der Waals surface area (Å²) in [4.78, 5) is 55.0. The molecule has 5 aromatic rings. The van der Waals surface area contributed by atoms with E-state index < -0.39 is 22.0 Å². The van der Waals surface area contributed by atoms with Crippen LogP contribution in [0, 0.1) is 17.0 Å². The fraction of sp³-hybridized carbons (Fsp3) is 0.0857. The van der Waals surface area contributed by atoms with Gasteiger partial charge in [-0.25, -0.2) is 4.98 Å². The first-order valence-corrected chi connectivity index (χ1v) is 16.1. The summed E-state index contributed by atoms with van der Waals surface area (Å²) >= 11 is 2.56. The van der Waals surface area contributed by atoms with E-state index in [2.05, 4.69) is 20.9 Å². The van der Waals surface area contributed by atoms with Crippen molar-refractivity contribution in [1.82, 2.24) is 10.3 Å². The number of carbonyl (C=O) groups excluding carboxylic acids is 3. The Morgan fingerprint density at radius 1 is 0.915 bits per heavy atom. The molecule has 3 N–H and O–H groups in total. The first kappa shape index (κ1) is 32.8. The quantitative estimate of drug-likeness (QED) is 0.0573. The molecule has 4 aromatic carbocycles. The number of anilines is 2. The highest BCUT2D eigenvalue weighted by atomic mass is 32.2. The monoisotopic (exact) mass is 663 g/mol. The number of thioether (sulfide) groups is 1. The van der Waals surface area contributed by atoms with Gasteiger partial charge in [0.15, 0.2) is 5.13 Å². The minimum Gasteiger partial charge on any atom is -0.321 e. The van der Waals surface area contributed by atoms with E-state index in [1.54, 1.807) is 79.0 Å². The summed E-state index contributed by atoms with van der Waals surface area (Å²) in [5.41, 5.74) is 3.93. The van der Waals surface area contributed by atoms with Crippen molar-refractivity contribution in [2.45, 2.75) is 24.0 Å². The molecule has 0 saturated carbocycles. The fourth-order valence-electron chi connectivity index (χ4n) is 4.29. The van der Waals surface area contributed by atoms with E-state index in [0.29, 0.717) is 27.6 Å². The summed E-state index contributed by atoms with van der Waals surface area (Å²) in [6.45, 7) is 3.73. The number of nitrogens with one attached hydrogen (secondary N) is 3. The average Bonchev–Trinajstić information content (AvgIpc) is 3.55. The smallest absolute Gasteiger partial charge is 0.272 e. The summed E-state index contributed by atoms with van der Waals surface area (Å²) in [5.74, 6) is -1.15. The molecule has 12 heteroatoms. The molecule has 236 valence electrons. The highest BCUT2D eigenvalue weighted by Gasteiger charge is 2.18. The van der Waals surface area contributed by atoms with Crippen molar-refractivity contribution in [2.24, 2.45) is 0 Å². The lowest BCUT2D eigenvalue weighted by molar-refractivity contribution is -0.384. The number of nitrogens with zero attached hydrogens (tertiary/aromatic N) is 2. The summed E-state index contributed by atoms with van der Waals surface area (Å²) in [6, 6.07) is 29.4. The lowest BCUT2D eigenvalue weighted by Crippen LogP contribution is -2.30. The predicted molar refractivity (Wildman–Crippen MR) is 186 cm³/mol. The van der Waals surface area contributed by atoms with Crippen LogP contribution in [0.4, 0.5) is 16.5 Å². The van der Waals surface area contributed by atoms with Crippen LogP contribution in [0.25, 0.3) is 17.3 Å². The number of aromatic nitrogens is 1. The number of thiazole rings is 1. The van der Waals surface area contributed by atoms with Gasteiger partial charge < -0.3 is 16.0 Å². The molecule has 0 radical (unpaired) electrons. The Morgan fingerprint density at radius 3 is 2.34 bits per heavy atom. The average molecular weight is 664 g/mol. The third-order valence-corrected chi connectivity index (χ3v) is 8.67. The van der Waals surface area contributed by atoms with Crippen LogP contribution in [0.2, 0.25) is 0 Å². The lowest BCUT2D eigenvalue weighted by Gasteiger charge is -2.13. The Labute approximate surface area is 279 Å². The molecule has 1 heterocycles. The topological polar surface area (TPSA) is 143 Å². The molecule has 0 saturated heterocycles. The second-order valence-electron chi connectivity index (χ2n) is 10.4. The summed E-state index contributed by atoms with van der Waals surface area (Å²) in [5, 5.41) is 21.1. The number of hydrogen-bond donors (Lipinski definition) is 3. The molecule has 0 aliphatic heterocycles. The largest absolute Gasteiger partial charge is 0.321 e. The van der Waals surface area contributed by atoms with Gasteiger partial charge in [0.25, 0.3) is 17.5 Å². The van der Waals surface area contributed by atoms with Crippen LogP contribution in [-0.2, 0) is 9.59 Å². The zero-order valence-corrected chi connectivity index (χ0v) is 26.9. The van der Waals surface area contributed by atoms with Gasteiger partial charge in [0.1, 0.15) is 5.70 Å². The van der Waals surface area contributed by atoms with Gasteiger partial charge in [-0.2, -0.15) is 0 Å². The highest BCUT2D eigenvalue weighted by molar-refractivity contribution is 8.00. The van der Waals surface area contributed by atoms with Gasteiger partial charge in [-0.1, -0.05) is 60.2 Å². The second kappa shape index (κ2) is 15.1. The number of rotatable bonds is 11. The van der Waals surface area contributed by atoms with Gasteiger partial charge in [0.05, 0.1) is 15.9 Å². The van der Waals surface area contributed by atoms with Crippen molar-refractivity contribution >= 4 is 63.4 Å². The third kappa shape index (κ3) is 9.00. The Hall–Kier alpha value is -5.59. The molecular weight excluding hydrogens is 635 g/mol. The molecule has 5 rings (SSSR count). The molecule has 3 amide bonds. The molecule has 0 aliphatic carbocycles. The first-order valence-electron chi connectivity index (χ1n) is 14.4. The summed E-state index contributed by atoms with van der Waals surface area (Å²) < 4.78 is 0. The third-order valence-electron chi connectivity index (χ3n) is 6.80. The molecule has 0 fully saturated rings. The van der Waals surface area contributed by atoms with E-state index in [1.165, 1.54) is 35.2 Å². The lowest BCUT2D eigenvalue weighted by atomic mass is 10.1. The number of benzene rings is 4. The molecule has 1 unspecified atom stereocenters. The van der Waals surface area contributed by atoms with Crippen LogP contribution < -0.4 is 16.0 Å². The fourth-order valence-corrected chi connectivity index (χ4v) is 5.88. The van der Waals surface area contributed by atoms with Crippen molar-refractivity contribution in [3.63, 3.8) is 0 Å². The van der Waals surface area contributed by atoms with Crippen LogP contribution in [-0.4, -0.2) is 32.9 Å².